The minimum atomic E-state index is -3.02. The Morgan fingerprint density at radius 1 is 1.29 bits per heavy atom. The molecule has 0 saturated heterocycles. The molecule has 0 spiro atoms. The lowest BCUT2D eigenvalue weighted by Gasteiger charge is -2.20. The average Bonchev–Trinajstić information content (AvgIpc) is 2.14. The van der Waals surface area contributed by atoms with Gasteiger partial charge in [-0.2, -0.15) is 0 Å². The predicted molar refractivity (Wildman–Crippen MR) is 67.1 cm³/mol. The molecule has 3 nitrogen and oxygen atoms in total. The van der Waals surface area contributed by atoms with Gasteiger partial charge < -0.3 is 5.32 Å². The summed E-state index contributed by atoms with van der Waals surface area (Å²) in [6.45, 7) is 3.59. The Bertz CT molecular complexity index is 473. The van der Waals surface area contributed by atoms with Gasteiger partial charge in [0.1, 0.15) is 15.7 Å². The van der Waals surface area contributed by atoms with Crippen LogP contribution in [0, 0.1) is 5.82 Å². The van der Waals surface area contributed by atoms with Crippen LogP contribution in [-0.4, -0.2) is 26.5 Å². The van der Waals surface area contributed by atoms with Crippen molar-refractivity contribution in [3.05, 3.63) is 35.6 Å². The van der Waals surface area contributed by atoms with Crippen molar-refractivity contribution in [1.82, 2.24) is 5.32 Å². The third-order valence-electron chi connectivity index (χ3n) is 2.46. The SMILES string of the molecule is CC(CS(C)(=O)=O)N[C@H](C)c1ccccc1F. The molecule has 1 aromatic rings. The molecule has 1 unspecified atom stereocenters. The molecule has 17 heavy (non-hydrogen) atoms. The summed E-state index contributed by atoms with van der Waals surface area (Å²) < 4.78 is 35.7. The lowest BCUT2D eigenvalue weighted by molar-refractivity contribution is 0.480. The van der Waals surface area contributed by atoms with Crippen LogP contribution in [0.4, 0.5) is 4.39 Å². The maximum absolute atomic E-state index is 13.5. The summed E-state index contributed by atoms with van der Waals surface area (Å²) in [6.07, 6.45) is 1.19. The molecule has 96 valence electrons. The van der Waals surface area contributed by atoms with E-state index in [2.05, 4.69) is 5.32 Å². The van der Waals surface area contributed by atoms with Crippen molar-refractivity contribution in [2.24, 2.45) is 0 Å². The molecule has 1 aromatic carbocycles. The molecule has 1 N–H and O–H groups in total. The van der Waals surface area contributed by atoms with Gasteiger partial charge >= 0.3 is 0 Å². The number of sulfone groups is 1. The van der Waals surface area contributed by atoms with Gasteiger partial charge in [-0.15, -0.1) is 0 Å². The third-order valence-corrected chi connectivity index (χ3v) is 3.56. The lowest BCUT2D eigenvalue weighted by Crippen LogP contribution is -2.34. The van der Waals surface area contributed by atoms with E-state index < -0.39 is 9.84 Å². The Morgan fingerprint density at radius 3 is 2.41 bits per heavy atom. The van der Waals surface area contributed by atoms with Crippen LogP contribution >= 0.6 is 0 Å². The van der Waals surface area contributed by atoms with Crippen LogP contribution in [0.15, 0.2) is 24.3 Å². The zero-order chi connectivity index (χ0) is 13.1. The number of benzene rings is 1. The van der Waals surface area contributed by atoms with E-state index in [1.54, 1.807) is 25.1 Å². The zero-order valence-electron chi connectivity index (χ0n) is 10.3. The van der Waals surface area contributed by atoms with Crippen LogP contribution in [0.2, 0.25) is 0 Å². The highest BCUT2D eigenvalue weighted by atomic mass is 32.2. The lowest BCUT2D eigenvalue weighted by atomic mass is 10.1. The van der Waals surface area contributed by atoms with E-state index in [4.69, 9.17) is 0 Å². The summed E-state index contributed by atoms with van der Waals surface area (Å²) in [4.78, 5) is 0. The molecule has 0 aliphatic heterocycles. The van der Waals surface area contributed by atoms with Gasteiger partial charge in [0.05, 0.1) is 5.75 Å². The Balaban J connectivity index is 2.67. The Kier molecular flexibility index (Phi) is 4.65. The number of hydrogen-bond donors (Lipinski definition) is 1. The molecule has 0 aliphatic rings. The molecule has 5 heteroatoms. The summed E-state index contributed by atoms with van der Waals surface area (Å²) in [5, 5.41) is 3.07. The van der Waals surface area contributed by atoms with E-state index in [1.807, 2.05) is 6.92 Å². The number of halogens is 1. The standard InChI is InChI=1S/C12H18FNO2S/c1-9(8-17(3,15)16)14-10(2)11-6-4-5-7-12(11)13/h4-7,9-10,14H,8H2,1-3H3/t9?,10-/m1/s1. The number of hydrogen-bond acceptors (Lipinski definition) is 3. The quantitative estimate of drug-likeness (QED) is 0.878. The van der Waals surface area contributed by atoms with Crippen molar-refractivity contribution in [3.63, 3.8) is 0 Å². The predicted octanol–water partition coefficient (Wildman–Crippen LogP) is 1.91. The monoisotopic (exact) mass is 259 g/mol. The molecule has 0 fully saturated rings. The molecular weight excluding hydrogens is 241 g/mol. The first kappa shape index (κ1) is 14.1. The second-order valence-electron chi connectivity index (χ2n) is 4.40. The van der Waals surface area contributed by atoms with Crippen molar-refractivity contribution in [1.29, 1.82) is 0 Å². The van der Waals surface area contributed by atoms with Gasteiger partial charge in [0.2, 0.25) is 0 Å². The van der Waals surface area contributed by atoms with Gasteiger partial charge in [0.25, 0.3) is 0 Å². The fraction of sp³-hybridized carbons (Fsp3) is 0.500. The number of rotatable bonds is 5. The Labute approximate surface area is 102 Å². The topological polar surface area (TPSA) is 46.2 Å². The van der Waals surface area contributed by atoms with Gasteiger partial charge in [0.15, 0.2) is 0 Å². The Hall–Kier alpha value is -0.940. The van der Waals surface area contributed by atoms with Gasteiger partial charge in [0, 0.05) is 23.9 Å². The molecule has 0 aromatic heterocycles. The van der Waals surface area contributed by atoms with Gasteiger partial charge in [-0.1, -0.05) is 18.2 Å². The molecule has 0 saturated carbocycles. The molecule has 0 radical (unpaired) electrons. The van der Waals surface area contributed by atoms with Crippen molar-refractivity contribution in [3.8, 4) is 0 Å². The fourth-order valence-corrected chi connectivity index (χ4v) is 2.85. The Morgan fingerprint density at radius 2 is 1.88 bits per heavy atom. The molecule has 0 bridgehead atoms. The third kappa shape index (κ3) is 4.83. The average molecular weight is 259 g/mol. The van der Waals surface area contributed by atoms with Crippen LogP contribution in [0.25, 0.3) is 0 Å². The fourth-order valence-electron chi connectivity index (χ4n) is 1.85. The highest BCUT2D eigenvalue weighted by Crippen LogP contribution is 2.16. The van der Waals surface area contributed by atoms with E-state index in [0.717, 1.165) is 0 Å². The van der Waals surface area contributed by atoms with E-state index in [-0.39, 0.29) is 23.7 Å². The molecule has 2 atom stereocenters. The first-order valence-electron chi connectivity index (χ1n) is 5.48. The van der Waals surface area contributed by atoms with Gasteiger partial charge in [-0.3, -0.25) is 0 Å². The maximum atomic E-state index is 13.5. The largest absolute Gasteiger partial charge is 0.307 e. The number of nitrogens with one attached hydrogen (secondary N) is 1. The minimum absolute atomic E-state index is 0.0474. The van der Waals surface area contributed by atoms with E-state index in [0.29, 0.717) is 5.56 Å². The summed E-state index contributed by atoms with van der Waals surface area (Å²) in [6, 6.07) is 6.06. The van der Waals surface area contributed by atoms with Crippen LogP contribution < -0.4 is 5.32 Å². The van der Waals surface area contributed by atoms with Crippen LogP contribution in [0.3, 0.4) is 0 Å². The first-order chi connectivity index (χ1) is 7.79. The van der Waals surface area contributed by atoms with Crippen LogP contribution in [0.5, 0.6) is 0 Å². The molecule has 0 aliphatic carbocycles. The van der Waals surface area contributed by atoms with Crippen LogP contribution in [-0.2, 0) is 9.84 Å². The summed E-state index contributed by atoms with van der Waals surface area (Å²) in [7, 11) is -3.02. The molecule has 1 rings (SSSR count). The molecular formula is C12H18FNO2S. The second-order valence-corrected chi connectivity index (χ2v) is 6.59. The summed E-state index contributed by atoms with van der Waals surface area (Å²) in [5.41, 5.74) is 0.549. The van der Waals surface area contributed by atoms with Crippen molar-refractivity contribution >= 4 is 9.84 Å². The van der Waals surface area contributed by atoms with Gasteiger partial charge in [-0.25, -0.2) is 12.8 Å². The summed E-state index contributed by atoms with van der Waals surface area (Å²) in [5.74, 6) is -0.231. The van der Waals surface area contributed by atoms with Crippen LogP contribution in [0.1, 0.15) is 25.5 Å². The highest BCUT2D eigenvalue weighted by molar-refractivity contribution is 7.90. The van der Waals surface area contributed by atoms with Crippen molar-refractivity contribution in [2.75, 3.05) is 12.0 Å². The minimum Gasteiger partial charge on any atom is -0.307 e. The van der Waals surface area contributed by atoms with Crippen molar-refractivity contribution < 1.29 is 12.8 Å². The summed E-state index contributed by atoms with van der Waals surface area (Å²) >= 11 is 0. The first-order valence-corrected chi connectivity index (χ1v) is 7.54. The molecule has 0 heterocycles. The maximum Gasteiger partial charge on any atom is 0.148 e. The van der Waals surface area contributed by atoms with Gasteiger partial charge in [-0.05, 0) is 19.9 Å². The van der Waals surface area contributed by atoms with E-state index in [9.17, 15) is 12.8 Å². The normalized spacial score (nSPS) is 15.5. The zero-order valence-corrected chi connectivity index (χ0v) is 11.1. The van der Waals surface area contributed by atoms with E-state index in [1.165, 1.54) is 12.3 Å². The van der Waals surface area contributed by atoms with E-state index >= 15 is 0 Å². The second kappa shape index (κ2) is 5.60. The molecule has 0 amide bonds. The highest BCUT2D eigenvalue weighted by Gasteiger charge is 2.15. The smallest absolute Gasteiger partial charge is 0.148 e. The van der Waals surface area contributed by atoms with Crippen molar-refractivity contribution in [2.45, 2.75) is 25.9 Å².